The van der Waals surface area contributed by atoms with E-state index in [1.54, 1.807) is 26.0 Å². The van der Waals surface area contributed by atoms with Crippen LogP contribution in [-0.4, -0.2) is 28.4 Å². The number of hydrogen-bond donors (Lipinski definition) is 0. The molecule has 0 aromatic heterocycles. The minimum atomic E-state index is -3.85. The second kappa shape index (κ2) is 11.8. The summed E-state index contributed by atoms with van der Waals surface area (Å²) in [6.07, 6.45) is 1.15. The average Bonchev–Trinajstić information content (AvgIpc) is 2.68. The lowest BCUT2D eigenvalue weighted by Gasteiger charge is -2.04. The molecular weight excluding hydrogens is 379 g/mol. The van der Waals surface area contributed by atoms with Crippen LogP contribution in [0.5, 0.6) is 11.5 Å². The molecule has 26 heavy (non-hydrogen) atoms. The maximum absolute atomic E-state index is 11.0. The van der Waals surface area contributed by atoms with Gasteiger partial charge in [0, 0.05) is 9.79 Å². The zero-order valence-electron chi connectivity index (χ0n) is 15.0. The van der Waals surface area contributed by atoms with Crippen LogP contribution in [0.15, 0.2) is 58.3 Å². The topological polar surface area (TPSA) is 61.8 Å². The van der Waals surface area contributed by atoms with Gasteiger partial charge in [0.1, 0.15) is 11.5 Å². The molecule has 0 spiro atoms. The molecule has 0 unspecified atom stereocenters. The van der Waals surface area contributed by atoms with Gasteiger partial charge in [-0.3, -0.25) is 0 Å². The van der Waals surface area contributed by atoms with Crippen molar-refractivity contribution in [3.05, 3.63) is 48.5 Å². The highest BCUT2D eigenvalue weighted by molar-refractivity contribution is 7.99. The van der Waals surface area contributed by atoms with Gasteiger partial charge in [0.05, 0.1) is 20.0 Å². The summed E-state index contributed by atoms with van der Waals surface area (Å²) in [4.78, 5) is 2.38. The maximum atomic E-state index is 11.0. The van der Waals surface area contributed by atoms with Crippen LogP contribution in [0.2, 0.25) is 0 Å². The molecular formula is C18H23FO5S2. The second-order valence-electron chi connectivity index (χ2n) is 5.13. The molecule has 0 aliphatic carbocycles. The molecule has 0 heterocycles. The molecule has 144 valence electrons. The lowest BCUT2D eigenvalue weighted by atomic mass is 10.3. The molecule has 8 heteroatoms. The SMILES string of the molecule is CCCCS(=O)(=O)OF.COc1ccc(Sc2ccc(OC)cc2)cc1. The van der Waals surface area contributed by atoms with Crippen LogP contribution in [0.4, 0.5) is 4.53 Å². The zero-order valence-corrected chi connectivity index (χ0v) is 16.6. The number of ether oxygens (including phenoxy) is 2. The molecule has 0 atom stereocenters. The minimum absolute atomic E-state index is 0.236. The smallest absolute Gasteiger partial charge is 0.297 e. The van der Waals surface area contributed by atoms with E-state index in [-0.39, 0.29) is 5.75 Å². The van der Waals surface area contributed by atoms with E-state index >= 15 is 0 Å². The Morgan fingerprint density at radius 1 is 0.885 bits per heavy atom. The number of halogens is 1. The predicted molar refractivity (Wildman–Crippen MR) is 101 cm³/mol. The average molecular weight is 403 g/mol. The molecule has 0 N–H and O–H groups in total. The highest BCUT2D eigenvalue weighted by Gasteiger charge is 2.08. The Kier molecular flexibility index (Phi) is 10.1. The number of methoxy groups -OCH3 is 2. The fraction of sp³-hybridized carbons (Fsp3) is 0.333. The van der Waals surface area contributed by atoms with Crippen LogP contribution >= 0.6 is 11.8 Å². The summed E-state index contributed by atoms with van der Waals surface area (Å²) in [5.41, 5.74) is 0. The maximum Gasteiger partial charge on any atom is 0.297 e. The summed E-state index contributed by atoms with van der Waals surface area (Å²) in [5, 5.41) is 0. The molecule has 2 aromatic rings. The van der Waals surface area contributed by atoms with Gasteiger partial charge in [-0.25, -0.2) is 0 Å². The summed E-state index contributed by atoms with van der Waals surface area (Å²) in [7, 11) is -0.504. The van der Waals surface area contributed by atoms with Crippen molar-refractivity contribution in [3.63, 3.8) is 0 Å². The quantitative estimate of drug-likeness (QED) is 0.628. The van der Waals surface area contributed by atoms with Crippen molar-refractivity contribution < 1.29 is 26.8 Å². The molecule has 0 amide bonds. The van der Waals surface area contributed by atoms with E-state index in [1.165, 1.54) is 9.79 Å². The van der Waals surface area contributed by atoms with Crippen molar-refractivity contribution in [2.45, 2.75) is 29.6 Å². The highest BCUT2D eigenvalue weighted by atomic mass is 32.2. The standard InChI is InChI=1S/C14H14O2S.C4H9FO3S/c1-15-11-3-7-13(8-4-11)17-14-9-5-12(16-2)6-10-14;1-2-3-4-9(6,7)8-5/h3-10H,1-2H3;2-4H2,1H3. The molecule has 0 saturated carbocycles. The monoisotopic (exact) mass is 402 g/mol. The van der Waals surface area contributed by atoms with E-state index in [4.69, 9.17) is 9.47 Å². The first kappa shape index (κ1) is 22.3. The molecule has 2 aromatic carbocycles. The lowest BCUT2D eigenvalue weighted by molar-refractivity contribution is 0.00290. The van der Waals surface area contributed by atoms with Gasteiger partial charge in [-0.1, -0.05) is 29.5 Å². The Labute approximate surface area is 158 Å². The van der Waals surface area contributed by atoms with E-state index in [0.717, 1.165) is 11.5 Å². The van der Waals surface area contributed by atoms with Crippen LogP contribution in [0.1, 0.15) is 19.8 Å². The van der Waals surface area contributed by atoms with Gasteiger partial charge in [-0.05, 0) is 59.5 Å². The van der Waals surface area contributed by atoms with Gasteiger partial charge in [-0.15, -0.1) is 0 Å². The van der Waals surface area contributed by atoms with Crippen LogP contribution < -0.4 is 9.47 Å². The van der Waals surface area contributed by atoms with Gasteiger partial charge >= 0.3 is 0 Å². The van der Waals surface area contributed by atoms with E-state index in [2.05, 4.69) is 4.39 Å². The molecule has 0 fully saturated rings. The first-order valence-corrected chi connectivity index (χ1v) is 10.3. The largest absolute Gasteiger partial charge is 0.497 e. The van der Waals surface area contributed by atoms with E-state index < -0.39 is 10.1 Å². The second-order valence-corrected chi connectivity index (χ2v) is 7.93. The van der Waals surface area contributed by atoms with Gasteiger partial charge in [0.15, 0.2) is 0 Å². The van der Waals surface area contributed by atoms with E-state index in [1.807, 2.05) is 55.5 Å². The summed E-state index contributed by atoms with van der Waals surface area (Å²) in [6, 6.07) is 16.1. The van der Waals surface area contributed by atoms with Crippen LogP contribution in [0.25, 0.3) is 0 Å². The van der Waals surface area contributed by atoms with Gasteiger partial charge in [0.2, 0.25) is 0 Å². The highest BCUT2D eigenvalue weighted by Crippen LogP contribution is 2.29. The van der Waals surface area contributed by atoms with Crippen molar-refractivity contribution in [2.75, 3.05) is 20.0 Å². The molecule has 0 bridgehead atoms. The summed E-state index contributed by atoms with van der Waals surface area (Å²) >= 11 is 1.71. The van der Waals surface area contributed by atoms with E-state index in [9.17, 15) is 12.9 Å². The zero-order chi connectivity index (χ0) is 19.4. The third-order valence-electron chi connectivity index (χ3n) is 3.20. The molecule has 0 aliphatic heterocycles. The summed E-state index contributed by atoms with van der Waals surface area (Å²) in [5.74, 6) is 1.52. The fourth-order valence-electron chi connectivity index (χ4n) is 1.78. The van der Waals surface area contributed by atoms with Crippen molar-refractivity contribution in [1.82, 2.24) is 0 Å². The third-order valence-corrected chi connectivity index (χ3v) is 5.19. The van der Waals surface area contributed by atoms with Gasteiger partial charge in [0.25, 0.3) is 10.1 Å². The normalized spacial score (nSPS) is 10.6. The third kappa shape index (κ3) is 8.55. The number of rotatable bonds is 8. The predicted octanol–water partition coefficient (Wildman–Crippen LogP) is 4.87. The van der Waals surface area contributed by atoms with Crippen LogP contribution in [0.3, 0.4) is 0 Å². The number of hydrogen-bond acceptors (Lipinski definition) is 6. The molecule has 2 rings (SSSR count). The Hall–Kier alpha value is -1.77. The molecule has 0 radical (unpaired) electrons. The molecule has 5 nitrogen and oxygen atoms in total. The van der Waals surface area contributed by atoms with Crippen molar-refractivity contribution >= 4 is 21.9 Å². The van der Waals surface area contributed by atoms with E-state index in [0.29, 0.717) is 12.8 Å². The molecule has 0 saturated heterocycles. The Bertz CT molecular complexity index is 686. The first-order valence-electron chi connectivity index (χ1n) is 7.93. The lowest BCUT2D eigenvalue weighted by Crippen LogP contribution is -2.04. The Balaban J connectivity index is 0.000000321. The van der Waals surface area contributed by atoms with Gasteiger partial charge in [-0.2, -0.15) is 8.42 Å². The van der Waals surface area contributed by atoms with Gasteiger partial charge < -0.3 is 9.47 Å². The molecule has 0 aliphatic rings. The summed E-state index contributed by atoms with van der Waals surface area (Å²) in [6.45, 7) is 1.81. The van der Waals surface area contributed by atoms with Crippen LogP contribution in [0, 0.1) is 0 Å². The number of benzene rings is 2. The first-order chi connectivity index (χ1) is 12.4. The van der Waals surface area contributed by atoms with Crippen molar-refractivity contribution in [3.8, 4) is 11.5 Å². The Morgan fingerprint density at radius 3 is 1.62 bits per heavy atom. The minimum Gasteiger partial charge on any atom is -0.497 e. The summed E-state index contributed by atoms with van der Waals surface area (Å²) < 4.78 is 44.3. The fourth-order valence-corrected chi connectivity index (χ4v) is 3.30. The van der Waals surface area contributed by atoms with Crippen molar-refractivity contribution in [1.29, 1.82) is 0 Å². The number of unbranched alkanes of at least 4 members (excludes halogenated alkanes) is 1. The van der Waals surface area contributed by atoms with Crippen LogP contribution in [-0.2, 0) is 14.5 Å². The Morgan fingerprint density at radius 2 is 1.31 bits per heavy atom. The van der Waals surface area contributed by atoms with Crippen molar-refractivity contribution in [2.24, 2.45) is 0 Å².